The number of likely N-dealkylation sites (tertiary alicyclic amines) is 1. The normalized spacial score (nSPS) is 16.2. The summed E-state index contributed by atoms with van der Waals surface area (Å²) in [7, 11) is 0. The monoisotopic (exact) mass is 535 g/mol. The van der Waals surface area contributed by atoms with Crippen molar-refractivity contribution in [3.8, 4) is 5.75 Å². The van der Waals surface area contributed by atoms with Crippen LogP contribution in [0.1, 0.15) is 5.56 Å². The molecule has 0 bridgehead atoms. The smallest absolute Gasteiger partial charge is 0.328 e. The Morgan fingerprint density at radius 1 is 0.861 bits per heavy atom. The van der Waals surface area contributed by atoms with Crippen LogP contribution in [0.5, 0.6) is 5.75 Å². The summed E-state index contributed by atoms with van der Waals surface area (Å²) in [5.74, 6) is -1.83. The summed E-state index contributed by atoms with van der Waals surface area (Å²) in [6.07, 6.45) is 1.12. The van der Waals surface area contributed by atoms with E-state index in [0.29, 0.717) is 41.0 Å². The van der Waals surface area contributed by atoms with Crippen LogP contribution in [0.15, 0.2) is 60.7 Å². The number of piperazine rings is 1. The number of amides is 2. The van der Waals surface area contributed by atoms with Gasteiger partial charge in [0.1, 0.15) is 11.9 Å². The maximum Gasteiger partial charge on any atom is 0.328 e. The van der Waals surface area contributed by atoms with Crippen molar-refractivity contribution in [3.05, 3.63) is 76.3 Å². The third-order valence-corrected chi connectivity index (χ3v) is 6.31. The lowest BCUT2D eigenvalue weighted by molar-refractivity contribution is -0.134. The van der Waals surface area contributed by atoms with E-state index in [1.54, 1.807) is 18.2 Å². The molecule has 0 spiro atoms. The third kappa shape index (κ3) is 8.44. The zero-order chi connectivity index (χ0) is 26.1. The van der Waals surface area contributed by atoms with Crippen molar-refractivity contribution in [2.24, 2.45) is 0 Å². The molecule has 2 aliphatic rings. The highest BCUT2D eigenvalue weighted by Gasteiger charge is 2.35. The number of carbonyl (C=O) groups is 3. The molecule has 2 aliphatic heterocycles. The molecule has 192 valence electrons. The van der Waals surface area contributed by atoms with Crippen LogP contribution in [0.25, 0.3) is 0 Å². The standard InChI is InChI=1S/C21H23Cl2N3O2.C4H4O4/c22-19-7-6-17(12-20(19)23)28-18-14-26(15-18)21(27)25-10-8-24(9-11-25)13-16-4-2-1-3-5-16;5-3(6)1-2-4(7)8/h1-7,12,18H,8-11,13-15H2;1-2H,(H,5,6)(H,7,8)/b;2-1+. The van der Waals surface area contributed by atoms with Crippen LogP contribution in [0, 0.1) is 0 Å². The molecular weight excluding hydrogens is 509 g/mol. The van der Waals surface area contributed by atoms with Gasteiger partial charge in [-0.2, -0.15) is 0 Å². The Bertz CT molecular complexity index is 1070. The molecule has 0 saturated carbocycles. The molecule has 0 radical (unpaired) electrons. The van der Waals surface area contributed by atoms with Gasteiger partial charge >= 0.3 is 18.0 Å². The molecule has 9 nitrogen and oxygen atoms in total. The van der Waals surface area contributed by atoms with Crippen LogP contribution < -0.4 is 4.74 Å². The number of carboxylic acids is 2. The number of benzene rings is 2. The van der Waals surface area contributed by atoms with Crippen molar-refractivity contribution in [3.63, 3.8) is 0 Å². The second-order valence-electron chi connectivity index (χ2n) is 8.26. The number of carbonyl (C=O) groups excluding carboxylic acids is 1. The van der Waals surface area contributed by atoms with Gasteiger partial charge in [0, 0.05) is 50.9 Å². The molecule has 2 fully saturated rings. The number of halogens is 2. The van der Waals surface area contributed by atoms with Gasteiger partial charge in [0.25, 0.3) is 0 Å². The van der Waals surface area contributed by atoms with E-state index >= 15 is 0 Å². The first-order chi connectivity index (χ1) is 17.2. The van der Waals surface area contributed by atoms with Gasteiger partial charge in [0.05, 0.1) is 23.1 Å². The molecule has 4 rings (SSSR count). The van der Waals surface area contributed by atoms with Gasteiger partial charge in [-0.25, -0.2) is 14.4 Å². The second kappa shape index (κ2) is 13.2. The van der Waals surface area contributed by atoms with E-state index in [4.69, 9.17) is 38.2 Å². The Balaban J connectivity index is 0.000000392. The Labute approximate surface area is 219 Å². The van der Waals surface area contributed by atoms with E-state index in [-0.39, 0.29) is 12.1 Å². The molecule has 0 unspecified atom stereocenters. The first-order valence-electron chi connectivity index (χ1n) is 11.3. The summed E-state index contributed by atoms with van der Waals surface area (Å²) >= 11 is 11.9. The van der Waals surface area contributed by atoms with E-state index in [1.807, 2.05) is 15.9 Å². The highest BCUT2D eigenvalue weighted by atomic mass is 35.5. The fraction of sp³-hybridized carbons (Fsp3) is 0.320. The van der Waals surface area contributed by atoms with E-state index < -0.39 is 11.9 Å². The fourth-order valence-electron chi connectivity index (χ4n) is 3.69. The first-order valence-corrected chi connectivity index (χ1v) is 12.0. The number of hydrogen-bond donors (Lipinski definition) is 2. The quantitative estimate of drug-likeness (QED) is 0.542. The number of nitrogens with zero attached hydrogens (tertiary/aromatic N) is 3. The second-order valence-corrected chi connectivity index (χ2v) is 9.08. The number of carboxylic acid groups (broad SMARTS) is 2. The summed E-state index contributed by atoms with van der Waals surface area (Å²) < 4.78 is 5.87. The van der Waals surface area contributed by atoms with Gasteiger partial charge < -0.3 is 24.7 Å². The molecular formula is C25H27Cl2N3O6. The van der Waals surface area contributed by atoms with Crippen molar-refractivity contribution in [2.45, 2.75) is 12.6 Å². The van der Waals surface area contributed by atoms with Gasteiger partial charge in [-0.3, -0.25) is 4.90 Å². The van der Waals surface area contributed by atoms with Crippen LogP contribution in [-0.4, -0.2) is 88.3 Å². The lowest BCUT2D eigenvalue weighted by Gasteiger charge is -2.43. The lowest BCUT2D eigenvalue weighted by Crippen LogP contribution is -2.61. The summed E-state index contributed by atoms with van der Waals surface area (Å²) in [4.78, 5) is 38.0. The van der Waals surface area contributed by atoms with Crippen LogP contribution in [0.2, 0.25) is 10.0 Å². The molecule has 2 N–H and O–H groups in total. The largest absolute Gasteiger partial charge is 0.487 e. The average Bonchev–Trinajstić information content (AvgIpc) is 2.83. The predicted molar refractivity (Wildman–Crippen MR) is 136 cm³/mol. The van der Waals surface area contributed by atoms with Crippen LogP contribution in [0.4, 0.5) is 4.79 Å². The van der Waals surface area contributed by atoms with E-state index in [2.05, 4.69) is 29.2 Å². The molecule has 2 heterocycles. The fourth-order valence-corrected chi connectivity index (χ4v) is 3.98. The summed E-state index contributed by atoms with van der Waals surface area (Å²) in [6, 6.07) is 15.8. The summed E-state index contributed by atoms with van der Waals surface area (Å²) in [5.41, 5.74) is 1.31. The molecule has 0 atom stereocenters. The van der Waals surface area contributed by atoms with Gasteiger partial charge in [0.15, 0.2) is 0 Å². The summed E-state index contributed by atoms with van der Waals surface area (Å²) in [5, 5.41) is 16.6. The van der Waals surface area contributed by atoms with Crippen molar-refractivity contribution in [2.75, 3.05) is 39.3 Å². The zero-order valence-corrected chi connectivity index (χ0v) is 20.9. The minimum Gasteiger partial charge on any atom is -0.487 e. The van der Waals surface area contributed by atoms with Gasteiger partial charge in [-0.1, -0.05) is 53.5 Å². The van der Waals surface area contributed by atoms with Crippen molar-refractivity contribution >= 4 is 41.2 Å². The van der Waals surface area contributed by atoms with Crippen LogP contribution in [-0.2, 0) is 16.1 Å². The van der Waals surface area contributed by atoms with Gasteiger partial charge in [-0.15, -0.1) is 0 Å². The van der Waals surface area contributed by atoms with Crippen molar-refractivity contribution in [1.82, 2.24) is 14.7 Å². The lowest BCUT2D eigenvalue weighted by atomic mass is 10.1. The van der Waals surface area contributed by atoms with Crippen LogP contribution >= 0.6 is 23.2 Å². The SMILES string of the molecule is O=C(N1CCN(Cc2ccccc2)CC1)N1CC(Oc2ccc(Cl)c(Cl)c2)C1.O=C(O)/C=C/C(=O)O. The molecule has 11 heteroatoms. The molecule has 2 aromatic rings. The van der Waals surface area contributed by atoms with Crippen molar-refractivity contribution < 1.29 is 29.3 Å². The first kappa shape index (κ1) is 27.3. The Kier molecular flexibility index (Phi) is 9.98. The minimum atomic E-state index is -1.26. The zero-order valence-electron chi connectivity index (χ0n) is 19.4. The Morgan fingerprint density at radius 3 is 2.03 bits per heavy atom. The molecule has 0 aromatic heterocycles. The summed E-state index contributed by atoms with van der Waals surface area (Å²) in [6.45, 7) is 5.47. The minimum absolute atomic E-state index is 0.000520. The van der Waals surface area contributed by atoms with Gasteiger partial charge in [0.2, 0.25) is 0 Å². The maximum absolute atomic E-state index is 12.7. The molecule has 2 saturated heterocycles. The van der Waals surface area contributed by atoms with E-state index in [9.17, 15) is 14.4 Å². The molecule has 0 aliphatic carbocycles. The Morgan fingerprint density at radius 2 is 1.47 bits per heavy atom. The highest BCUT2D eigenvalue weighted by Crippen LogP contribution is 2.28. The maximum atomic E-state index is 12.7. The number of hydrogen-bond acceptors (Lipinski definition) is 5. The van der Waals surface area contributed by atoms with Crippen LogP contribution in [0.3, 0.4) is 0 Å². The van der Waals surface area contributed by atoms with E-state index in [1.165, 1.54) is 5.56 Å². The molecule has 2 amide bonds. The third-order valence-electron chi connectivity index (χ3n) is 5.57. The number of rotatable bonds is 6. The average molecular weight is 536 g/mol. The predicted octanol–water partition coefficient (Wildman–Crippen LogP) is 3.71. The van der Waals surface area contributed by atoms with Crippen molar-refractivity contribution in [1.29, 1.82) is 0 Å². The molecule has 36 heavy (non-hydrogen) atoms. The number of ether oxygens (including phenoxy) is 1. The number of urea groups is 1. The van der Waals surface area contributed by atoms with Gasteiger partial charge in [-0.05, 0) is 17.7 Å². The van der Waals surface area contributed by atoms with E-state index in [0.717, 1.165) is 32.7 Å². The Hall–Kier alpha value is -3.27. The number of aliphatic carboxylic acids is 2. The highest BCUT2D eigenvalue weighted by molar-refractivity contribution is 6.42. The molecule has 2 aromatic carbocycles. The topological polar surface area (TPSA) is 111 Å².